The van der Waals surface area contributed by atoms with E-state index < -0.39 is 27.8 Å². The number of hydrogen-bond acceptors (Lipinski definition) is 6. The number of fused-ring (bicyclic) bond motifs is 2. The van der Waals surface area contributed by atoms with E-state index in [4.69, 9.17) is 4.42 Å². The van der Waals surface area contributed by atoms with Gasteiger partial charge in [-0.2, -0.15) is 0 Å². The summed E-state index contributed by atoms with van der Waals surface area (Å²) in [5, 5.41) is 10.4. The number of phenols is 1. The fraction of sp³-hybridized carbons (Fsp3) is 0.304. The third-order valence-corrected chi connectivity index (χ3v) is 8.06. The van der Waals surface area contributed by atoms with Crippen molar-refractivity contribution in [2.75, 3.05) is 11.5 Å². The minimum atomic E-state index is -3.27. The quantitative estimate of drug-likeness (QED) is 0.658. The largest absolute Gasteiger partial charge is 0.508 e. The molecule has 1 N–H and O–H groups in total. The first-order valence-corrected chi connectivity index (χ1v) is 11.9. The maximum atomic E-state index is 13.6. The second-order valence-electron chi connectivity index (χ2n) is 8.37. The molecule has 3 heterocycles. The first-order chi connectivity index (χ1) is 14.7. The lowest BCUT2D eigenvalue weighted by molar-refractivity contribution is 0.0662. The Hall–Kier alpha value is -3.13. The summed E-state index contributed by atoms with van der Waals surface area (Å²) in [5.41, 5.74) is 2.60. The maximum Gasteiger partial charge on any atom is 0.291 e. The zero-order chi connectivity index (χ0) is 22.1. The molecule has 2 aliphatic rings. The number of carbonyl (C=O) groups excluding carboxylic acids is 1. The van der Waals surface area contributed by atoms with Gasteiger partial charge in [0.1, 0.15) is 11.3 Å². The van der Waals surface area contributed by atoms with Gasteiger partial charge >= 0.3 is 0 Å². The molecule has 0 saturated carbocycles. The number of aryl methyl sites for hydroxylation is 2. The van der Waals surface area contributed by atoms with Crippen molar-refractivity contribution in [1.82, 2.24) is 4.90 Å². The topological polar surface area (TPSA) is 105 Å². The van der Waals surface area contributed by atoms with Crippen molar-refractivity contribution in [2.45, 2.75) is 32.4 Å². The van der Waals surface area contributed by atoms with E-state index in [2.05, 4.69) is 0 Å². The maximum absolute atomic E-state index is 13.6. The molecule has 0 radical (unpaired) electrons. The first-order valence-electron chi connectivity index (χ1n) is 10.1. The summed E-state index contributed by atoms with van der Waals surface area (Å²) in [6.07, 6.45) is 0.295. The van der Waals surface area contributed by atoms with Crippen LogP contribution in [0.25, 0.3) is 11.0 Å². The Kier molecular flexibility index (Phi) is 4.27. The molecule has 160 valence electrons. The number of amides is 1. The van der Waals surface area contributed by atoms with E-state index in [1.807, 2.05) is 13.8 Å². The summed E-state index contributed by atoms with van der Waals surface area (Å²) in [5.74, 6) is -0.726. The van der Waals surface area contributed by atoms with Gasteiger partial charge in [-0.1, -0.05) is 12.1 Å². The summed E-state index contributed by atoms with van der Waals surface area (Å²) in [6, 6.07) is 8.44. The second kappa shape index (κ2) is 6.68. The van der Waals surface area contributed by atoms with Crippen LogP contribution in [0.3, 0.4) is 0 Å². The van der Waals surface area contributed by atoms with Crippen molar-refractivity contribution in [1.29, 1.82) is 0 Å². The second-order valence-corrected chi connectivity index (χ2v) is 10.6. The smallest absolute Gasteiger partial charge is 0.291 e. The molecular formula is C23H21NO6S. The monoisotopic (exact) mass is 439 g/mol. The van der Waals surface area contributed by atoms with Gasteiger partial charge in [-0.3, -0.25) is 9.59 Å². The van der Waals surface area contributed by atoms with Crippen molar-refractivity contribution in [3.63, 3.8) is 0 Å². The van der Waals surface area contributed by atoms with Gasteiger partial charge in [0.25, 0.3) is 5.91 Å². The van der Waals surface area contributed by atoms with Gasteiger partial charge in [0, 0.05) is 6.04 Å². The number of nitrogens with zero attached hydrogens (tertiary/aromatic N) is 1. The Morgan fingerprint density at radius 3 is 2.52 bits per heavy atom. The molecule has 8 heteroatoms. The van der Waals surface area contributed by atoms with Crippen LogP contribution in [-0.2, 0) is 9.84 Å². The van der Waals surface area contributed by atoms with Crippen LogP contribution in [-0.4, -0.2) is 41.9 Å². The number of aromatic hydroxyl groups is 1. The number of sulfone groups is 1. The van der Waals surface area contributed by atoms with Crippen LogP contribution in [0.4, 0.5) is 0 Å². The van der Waals surface area contributed by atoms with Crippen molar-refractivity contribution < 1.29 is 22.7 Å². The first kappa shape index (κ1) is 19.8. The minimum Gasteiger partial charge on any atom is -0.508 e. The van der Waals surface area contributed by atoms with Gasteiger partial charge in [0.05, 0.1) is 28.5 Å². The van der Waals surface area contributed by atoms with Gasteiger partial charge in [-0.15, -0.1) is 0 Å². The zero-order valence-electron chi connectivity index (χ0n) is 17.1. The highest BCUT2D eigenvalue weighted by Crippen LogP contribution is 2.42. The van der Waals surface area contributed by atoms with Crippen LogP contribution in [0.5, 0.6) is 5.75 Å². The highest BCUT2D eigenvalue weighted by atomic mass is 32.2. The molecule has 3 aromatic rings. The molecule has 0 spiro atoms. The molecule has 5 rings (SSSR count). The summed E-state index contributed by atoms with van der Waals surface area (Å²) in [7, 11) is -3.27. The van der Waals surface area contributed by atoms with Crippen molar-refractivity contribution in [2.24, 2.45) is 0 Å². The van der Waals surface area contributed by atoms with Crippen LogP contribution in [0.1, 0.15) is 45.3 Å². The molecule has 1 aromatic heterocycles. The Morgan fingerprint density at radius 1 is 1.10 bits per heavy atom. The van der Waals surface area contributed by atoms with Gasteiger partial charge < -0.3 is 14.4 Å². The molecule has 31 heavy (non-hydrogen) atoms. The van der Waals surface area contributed by atoms with Crippen molar-refractivity contribution in [3.8, 4) is 5.75 Å². The summed E-state index contributed by atoms with van der Waals surface area (Å²) in [6.45, 7) is 3.80. The van der Waals surface area contributed by atoms with Crippen LogP contribution >= 0.6 is 0 Å². The number of rotatable bonds is 2. The molecule has 2 atom stereocenters. The van der Waals surface area contributed by atoms with Gasteiger partial charge in [-0.25, -0.2) is 8.42 Å². The van der Waals surface area contributed by atoms with Crippen LogP contribution in [0.15, 0.2) is 45.6 Å². The molecule has 1 fully saturated rings. The van der Waals surface area contributed by atoms with Crippen molar-refractivity contribution in [3.05, 3.63) is 74.6 Å². The highest BCUT2D eigenvalue weighted by Gasteiger charge is 2.48. The lowest BCUT2D eigenvalue weighted by Gasteiger charge is -2.30. The molecule has 0 unspecified atom stereocenters. The molecule has 1 amide bonds. The lowest BCUT2D eigenvalue weighted by atomic mass is 9.96. The third kappa shape index (κ3) is 3.05. The van der Waals surface area contributed by atoms with E-state index in [9.17, 15) is 23.1 Å². The summed E-state index contributed by atoms with van der Waals surface area (Å²) in [4.78, 5) is 28.5. The highest BCUT2D eigenvalue weighted by molar-refractivity contribution is 7.91. The summed E-state index contributed by atoms with van der Waals surface area (Å²) < 4.78 is 30.2. The van der Waals surface area contributed by atoms with Gasteiger partial charge in [-0.05, 0) is 61.2 Å². The van der Waals surface area contributed by atoms with Crippen molar-refractivity contribution >= 4 is 26.7 Å². The van der Waals surface area contributed by atoms with E-state index in [0.717, 1.165) is 11.1 Å². The minimum absolute atomic E-state index is 0.00552. The Morgan fingerprint density at radius 2 is 1.84 bits per heavy atom. The van der Waals surface area contributed by atoms with E-state index in [-0.39, 0.29) is 34.0 Å². The number of benzene rings is 2. The van der Waals surface area contributed by atoms with Crippen LogP contribution in [0, 0.1) is 13.8 Å². The van der Waals surface area contributed by atoms with E-state index in [1.54, 1.807) is 24.3 Å². The van der Waals surface area contributed by atoms with E-state index >= 15 is 0 Å². The molecule has 7 nitrogen and oxygen atoms in total. The average molecular weight is 439 g/mol. The predicted molar refractivity (Wildman–Crippen MR) is 115 cm³/mol. The molecule has 1 saturated heterocycles. The van der Waals surface area contributed by atoms with Gasteiger partial charge in [0.2, 0.25) is 5.76 Å². The Balaban J connectivity index is 1.79. The van der Waals surface area contributed by atoms with Gasteiger partial charge in [0.15, 0.2) is 15.3 Å². The molecule has 2 aliphatic heterocycles. The predicted octanol–water partition coefficient (Wildman–Crippen LogP) is 2.85. The third-order valence-electron chi connectivity index (χ3n) is 6.31. The van der Waals surface area contributed by atoms with E-state index in [0.29, 0.717) is 23.0 Å². The fourth-order valence-corrected chi connectivity index (χ4v) is 6.35. The summed E-state index contributed by atoms with van der Waals surface area (Å²) >= 11 is 0. The Bertz CT molecular complexity index is 1420. The normalized spacial score (nSPS) is 22.3. The van der Waals surface area contributed by atoms with Crippen LogP contribution < -0.4 is 5.43 Å². The number of hydrogen-bond donors (Lipinski definition) is 1. The zero-order valence-corrected chi connectivity index (χ0v) is 17.9. The SMILES string of the molecule is Cc1cc2oc3c(c(=O)c2cc1C)[C@H](c1cccc(O)c1)N([C@H]1CCS(=O)(=O)C1)C3=O. The molecule has 0 bridgehead atoms. The number of phenolic OH excluding ortho intramolecular Hbond substituents is 1. The molecule has 0 aliphatic carbocycles. The average Bonchev–Trinajstić information content (AvgIpc) is 3.20. The Labute approximate surface area is 178 Å². The fourth-order valence-electron chi connectivity index (χ4n) is 4.64. The lowest BCUT2D eigenvalue weighted by Crippen LogP contribution is -2.40. The van der Waals surface area contributed by atoms with Crippen LogP contribution in [0.2, 0.25) is 0 Å². The molecule has 2 aromatic carbocycles. The number of carbonyl (C=O) groups is 1. The molecular weight excluding hydrogens is 418 g/mol. The van der Waals surface area contributed by atoms with E-state index in [1.165, 1.54) is 17.0 Å². The standard InChI is InChI=1S/C23H21NO6S/c1-12-8-17-18(9-13(12)2)30-22-19(21(17)26)20(14-4-3-5-16(25)10-14)24(23(22)27)15-6-7-31(28,29)11-15/h3-5,8-10,15,20,25H,6-7,11H2,1-2H3/t15-,20-/m0/s1.